The second-order valence-corrected chi connectivity index (χ2v) is 8.42. The van der Waals surface area contributed by atoms with Crippen molar-refractivity contribution in [2.75, 3.05) is 20.2 Å². The summed E-state index contributed by atoms with van der Waals surface area (Å²) in [6, 6.07) is 10.0. The van der Waals surface area contributed by atoms with Crippen molar-refractivity contribution < 1.29 is 31.1 Å². The number of aryl methyl sites for hydroxylation is 1. The predicted octanol–water partition coefficient (Wildman–Crippen LogP) is 6.49. The molecule has 0 aliphatic heterocycles. The number of alkyl halides is 6. The van der Waals surface area contributed by atoms with Gasteiger partial charge in [0, 0.05) is 24.3 Å². The van der Waals surface area contributed by atoms with Gasteiger partial charge in [0.15, 0.2) is 0 Å². The maximum absolute atomic E-state index is 13.3. The quantitative estimate of drug-likeness (QED) is 0.249. The Bertz CT molecular complexity index is 1120. The molecule has 3 rings (SSSR count). The molecule has 0 aliphatic rings. The zero-order chi connectivity index (χ0) is 25.8. The number of rotatable bonds is 9. The van der Waals surface area contributed by atoms with Crippen LogP contribution in [-0.2, 0) is 25.4 Å². The first kappa shape index (κ1) is 26.6. The zero-order valence-electron chi connectivity index (χ0n) is 19.7. The number of ether oxygens (including phenoxy) is 1. The van der Waals surface area contributed by atoms with Gasteiger partial charge < -0.3 is 9.64 Å². The van der Waals surface area contributed by atoms with Crippen LogP contribution in [0.1, 0.15) is 40.1 Å². The molecule has 4 nitrogen and oxygen atoms in total. The normalized spacial score (nSPS) is 12.4. The molecule has 0 amide bonds. The molecule has 0 atom stereocenters. The number of aromatic nitrogens is 2. The van der Waals surface area contributed by atoms with Crippen LogP contribution in [0.4, 0.5) is 26.3 Å². The molecule has 3 aromatic rings. The Hall–Kier alpha value is -3.01. The lowest BCUT2D eigenvalue weighted by molar-refractivity contribution is -0.138. The highest BCUT2D eigenvalue weighted by atomic mass is 19.4. The zero-order valence-corrected chi connectivity index (χ0v) is 19.7. The summed E-state index contributed by atoms with van der Waals surface area (Å²) in [5.74, 6) is 0.368. The van der Waals surface area contributed by atoms with Gasteiger partial charge in [-0.2, -0.15) is 31.4 Å². The summed E-state index contributed by atoms with van der Waals surface area (Å²) in [5.41, 5.74) is 1.26. The molecule has 0 aliphatic carbocycles. The van der Waals surface area contributed by atoms with Gasteiger partial charge in [0.1, 0.15) is 5.75 Å². The predicted molar refractivity (Wildman–Crippen MR) is 120 cm³/mol. The number of hydrogen-bond acceptors (Lipinski definition) is 3. The van der Waals surface area contributed by atoms with E-state index >= 15 is 0 Å². The van der Waals surface area contributed by atoms with Crippen molar-refractivity contribution in [3.8, 4) is 5.75 Å². The van der Waals surface area contributed by atoms with Gasteiger partial charge in [-0.1, -0.05) is 18.2 Å². The van der Waals surface area contributed by atoms with E-state index in [0.717, 1.165) is 35.2 Å². The smallest absolute Gasteiger partial charge is 0.416 e. The Kier molecular flexibility index (Phi) is 8.15. The summed E-state index contributed by atoms with van der Waals surface area (Å²) in [7, 11) is 1.91. The van der Waals surface area contributed by atoms with E-state index in [9.17, 15) is 26.3 Å². The van der Waals surface area contributed by atoms with E-state index in [0.29, 0.717) is 31.9 Å². The molecule has 10 heteroatoms. The molecule has 1 heterocycles. The van der Waals surface area contributed by atoms with Gasteiger partial charge >= 0.3 is 12.4 Å². The van der Waals surface area contributed by atoms with Crippen LogP contribution in [0.15, 0.2) is 48.5 Å². The highest BCUT2D eigenvalue weighted by molar-refractivity contribution is 5.32. The minimum atomic E-state index is -4.43. The maximum Gasteiger partial charge on any atom is 0.416 e. The van der Waals surface area contributed by atoms with Crippen LogP contribution in [0.5, 0.6) is 5.75 Å². The molecule has 0 saturated heterocycles. The van der Waals surface area contributed by atoms with Gasteiger partial charge in [-0.15, -0.1) is 0 Å². The molecule has 190 valence electrons. The molecule has 2 aromatic carbocycles. The molecule has 0 bridgehead atoms. The Balaban J connectivity index is 1.55. The fraction of sp³-hybridized carbons (Fsp3) is 0.400. The van der Waals surface area contributed by atoms with E-state index in [2.05, 4.69) is 5.10 Å². The van der Waals surface area contributed by atoms with Crippen LogP contribution >= 0.6 is 0 Å². The van der Waals surface area contributed by atoms with Crippen molar-refractivity contribution in [3.63, 3.8) is 0 Å². The van der Waals surface area contributed by atoms with Crippen LogP contribution in [-0.4, -0.2) is 34.9 Å². The lowest BCUT2D eigenvalue weighted by atomic mass is 10.1. The van der Waals surface area contributed by atoms with Crippen molar-refractivity contribution in [3.05, 3.63) is 82.2 Å². The lowest BCUT2D eigenvalue weighted by Gasteiger charge is -2.17. The van der Waals surface area contributed by atoms with E-state index in [-0.39, 0.29) is 12.1 Å². The summed E-state index contributed by atoms with van der Waals surface area (Å²) in [5, 5.41) is 4.46. The van der Waals surface area contributed by atoms with E-state index < -0.39 is 23.5 Å². The number of hydrogen-bond donors (Lipinski definition) is 0. The summed E-state index contributed by atoms with van der Waals surface area (Å²) >= 11 is 0. The first-order valence-corrected chi connectivity index (χ1v) is 11.0. The molecular formula is C25H27F6N3O. The van der Waals surface area contributed by atoms with Crippen molar-refractivity contribution >= 4 is 0 Å². The number of halogens is 6. The van der Waals surface area contributed by atoms with Crippen molar-refractivity contribution in [2.24, 2.45) is 0 Å². The van der Waals surface area contributed by atoms with E-state index in [4.69, 9.17) is 4.74 Å². The highest BCUT2D eigenvalue weighted by Gasteiger charge is 2.33. The minimum Gasteiger partial charge on any atom is -0.494 e. The third-order valence-corrected chi connectivity index (χ3v) is 5.74. The van der Waals surface area contributed by atoms with Gasteiger partial charge in [0.25, 0.3) is 0 Å². The van der Waals surface area contributed by atoms with Crippen molar-refractivity contribution in [2.45, 2.75) is 45.7 Å². The van der Waals surface area contributed by atoms with E-state index in [1.165, 1.54) is 24.3 Å². The third kappa shape index (κ3) is 7.00. The first-order chi connectivity index (χ1) is 16.4. The van der Waals surface area contributed by atoms with E-state index in [1.807, 2.05) is 25.8 Å². The molecule has 35 heavy (non-hydrogen) atoms. The summed E-state index contributed by atoms with van der Waals surface area (Å²) < 4.78 is 85.0. The second kappa shape index (κ2) is 10.7. The summed E-state index contributed by atoms with van der Waals surface area (Å²) in [6.45, 7) is 5.23. The first-order valence-electron chi connectivity index (χ1n) is 11.0. The Labute approximate surface area is 200 Å². The molecule has 0 fully saturated rings. The Morgan fingerprint density at radius 3 is 2.20 bits per heavy atom. The van der Waals surface area contributed by atoms with Gasteiger partial charge in [-0.05, 0) is 63.2 Å². The molecule has 0 saturated carbocycles. The molecule has 0 N–H and O–H groups in total. The van der Waals surface area contributed by atoms with Crippen LogP contribution in [0.3, 0.4) is 0 Å². The van der Waals surface area contributed by atoms with Crippen LogP contribution in [0, 0.1) is 13.8 Å². The summed E-state index contributed by atoms with van der Waals surface area (Å²) in [4.78, 5) is 2.04. The minimum absolute atomic E-state index is 0.0209. The fourth-order valence-corrected chi connectivity index (χ4v) is 3.83. The standard InChI is InChI=1S/C25H27F6N3O/c1-17-22(18(2)34(32-17)15-19-7-4-5-8-23(19)25(29,30)31)16-33(3)13-6-14-35-21-11-9-20(10-12-21)24(26,27)28/h4-5,7-12H,6,13-16H2,1-3H3. The van der Waals surface area contributed by atoms with Gasteiger partial charge in [0.05, 0.1) is 30.0 Å². The average molecular weight is 499 g/mol. The molecule has 1 aromatic heterocycles. The SMILES string of the molecule is Cc1nn(Cc2ccccc2C(F)(F)F)c(C)c1CN(C)CCCOc1ccc(C(F)(F)F)cc1. The van der Waals surface area contributed by atoms with Gasteiger partial charge in [0.2, 0.25) is 0 Å². The monoisotopic (exact) mass is 499 g/mol. The fourth-order valence-electron chi connectivity index (χ4n) is 3.83. The lowest BCUT2D eigenvalue weighted by Crippen LogP contribution is -2.21. The van der Waals surface area contributed by atoms with Crippen LogP contribution in [0.2, 0.25) is 0 Å². The topological polar surface area (TPSA) is 30.3 Å². The molecule has 0 spiro atoms. The molecule has 0 radical (unpaired) electrons. The van der Waals surface area contributed by atoms with Crippen LogP contribution in [0.25, 0.3) is 0 Å². The number of nitrogens with zero attached hydrogens (tertiary/aromatic N) is 3. The highest BCUT2D eigenvalue weighted by Crippen LogP contribution is 2.33. The average Bonchev–Trinajstić information content (AvgIpc) is 3.03. The van der Waals surface area contributed by atoms with E-state index in [1.54, 1.807) is 10.7 Å². The van der Waals surface area contributed by atoms with Crippen molar-refractivity contribution in [1.29, 1.82) is 0 Å². The second-order valence-electron chi connectivity index (χ2n) is 8.42. The largest absolute Gasteiger partial charge is 0.494 e. The Morgan fingerprint density at radius 2 is 1.57 bits per heavy atom. The molecular weight excluding hydrogens is 472 g/mol. The van der Waals surface area contributed by atoms with Crippen molar-refractivity contribution in [1.82, 2.24) is 14.7 Å². The Morgan fingerprint density at radius 1 is 0.914 bits per heavy atom. The summed E-state index contributed by atoms with van der Waals surface area (Å²) in [6.07, 6.45) is -8.17. The maximum atomic E-state index is 13.3. The molecule has 0 unspecified atom stereocenters. The van der Waals surface area contributed by atoms with Gasteiger partial charge in [-0.25, -0.2) is 0 Å². The number of benzene rings is 2. The third-order valence-electron chi connectivity index (χ3n) is 5.74. The van der Waals surface area contributed by atoms with Gasteiger partial charge in [-0.3, -0.25) is 4.68 Å². The van der Waals surface area contributed by atoms with Crippen LogP contribution < -0.4 is 4.74 Å².